The largest absolute Gasteiger partial charge is 0.369 e. The zero-order chi connectivity index (χ0) is 40.6. The molecule has 0 unspecified atom stereocenters. The first-order valence-corrected chi connectivity index (χ1v) is 22.1. The first kappa shape index (κ1) is 40.8. The van der Waals surface area contributed by atoms with Crippen LogP contribution in [0.4, 0.5) is 17.8 Å². The minimum absolute atomic E-state index is 0.159. The highest BCUT2D eigenvalue weighted by Gasteiger charge is 2.25. The lowest BCUT2D eigenvalue weighted by molar-refractivity contribution is 0.166. The number of hydrogen-bond acceptors (Lipinski definition) is 9. The number of nitrogens with zero attached hydrogens (tertiary/aromatic N) is 5. The predicted molar refractivity (Wildman–Crippen MR) is 235 cm³/mol. The van der Waals surface area contributed by atoms with Crippen molar-refractivity contribution in [2.24, 2.45) is 5.92 Å². The molecule has 0 spiro atoms. The number of H-pyrrole nitrogens is 1. The third kappa shape index (κ3) is 9.82. The van der Waals surface area contributed by atoms with Gasteiger partial charge in [0.25, 0.3) is 10.1 Å². The van der Waals surface area contributed by atoms with Crippen molar-refractivity contribution in [1.82, 2.24) is 29.1 Å². The van der Waals surface area contributed by atoms with Gasteiger partial charge in [-0.3, -0.25) is 4.18 Å². The topological polar surface area (TPSA) is 186 Å². The van der Waals surface area contributed by atoms with Gasteiger partial charge >= 0.3 is 0 Å². The predicted octanol–water partition coefficient (Wildman–Crippen LogP) is 9.89. The van der Waals surface area contributed by atoms with E-state index in [0.29, 0.717) is 29.9 Å². The van der Waals surface area contributed by atoms with E-state index in [1.54, 1.807) is 24.3 Å². The Balaban J connectivity index is 0.000000148. The highest BCUT2D eigenvalue weighted by Crippen LogP contribution is 2.37. The molecule has 7 aromatic rings. The number of nitrogen functional groups attached to an aromatic ring is 3. The van der Waals surface area contributed by atoms with Gasteiger partial charge in [-0.25, -0.2) is 15.0 Å². The molecule has 3 heterocycles. The fourth-order valence-electron chi connectivity index (χ4n) is 8.56. The first-order chi connectivity index (χ1) is 28.1. The smallest absolute Gasteiger partial charge is 0.297 e. The number of nitrogens with two attached hydrogens (primary N) is 3. The van der Waals surface area contributed by atoms with Crippen molar-refractivity contribution in [2.75, 3.05) is 17.2 Å². The molecule has 3 aromatic heterocycles. The van der Waals surface area contributed by atoms with E-state index in [-0.39, 0.29) is 11.0 Å². The van der Waals surface area contributed by atoms with Gasteiger partial charge in [-0.1, -0.05) is 86.7 Å². The SMILES string of the molecule is Cc1ccc(S(=O)(=O)OC2CCCC(C)CCC2)cc1.Nc1nc2ccccc2[nH]1.Nc1nc2ccccc2n1C1CCCC(n2c(N)nc3ccccc32)CCC1. The lowest BCUT2D eigenvalue weighted by atomic mass is 9.91. The van der Waals surface area contributed by atoms with E-state index in [1.807, 2.05) is 55.5 Å². The molecule has 0 amide bonds. The number of aromatic nitrogens is 6. The molecule has 2 fully saturated rings. The van der Waals surface area contributed by atoms with Crippen LogP contribution in [0.15, 0.2) is 102 Å². The Bertz CT molecular complexity index is 2380. The van der Waals surface area contributed by atoms with Crippen LogP contribution >= 0.6 is 0 Å². The number of nitrogens with one attached hydrogen (secondary N) is 1. The second-order valence-corrected chi connectivity index (χ2v) is 17.5. The molecule has 4 aromatic carbocycles. The highest BCUT2D eigenvalue weighted by atomic mass is 32.2. The Morgan fingerprint density at radius 1 is 0.603 bits per heavy atom. The number of benzene rings is 4. The maximum absolute atomic E-state index is 12.3. The van der Waals surface area contributed by atoms with E-state index < -0.39 is 10.1 Å². The lowest BCUT2D eigenvalue weighted by Crippen LogP contribution is -2.20. The van der Waals surface area contributed by atoms with Crippen LogP contribution in [0.2, 0.25) is 0 Å². The normalized spacial score (nSPS) is 20.5. The van der Waals surface area contributed by atoms with Crippen LogP contribution in [0.25, 0.3) is 33.1 Å². The van der Waals surface area contributed by atoms with E-state index in [2.05, 4.69) is 60.3 Å². The summed E-state index contributed by atoms with van der Waals surface area (Å²) in [7, 11) is -3.62. The van der Waals surface area contributed by atoms with Crippen LogP contribution in [0.3, 0.4) is 0 Å². The molecule has 12 nitrogen and oxygen atoms in total. The fourth-order valence-corrected chi connectivity index (χ4v) is 9.69. The molecule has 7 N–H and O–H groups in total. The van der Waals surface area contributed by atoms with Crippen molar-refractivity contribution in [2.45, 2.75) is 114 Å². The van der Waals surface area contributed by atoms with Crippen molar-refractivity contribution in [3.63, 3.8) is 0 Å². The van der Waals surface area contributed by atoms with Gasteiger partial charge in [0.05, 0.1) is 44.1 Å². The van der Waals surface area contributed by atoms with Gasteiger partial charge in [0, 0.05) is 12.1 Å². The number of para-hydroxylation sites is 6. The summed E-state index contributed by atoms with van der Waals surface area (Å²) in [4.78, 5) is 16.3. The highest BCUT2D eigenvalue weighted by molar-refractivity contribution is 7.86. The number of rotatable bonds is 5. The third-order valence-electron chi connectivity index (χ3n) is 11.6. The second kappa shape index (κ2) is 18.5. The summed E-state index contributed by atoms with van der Waals surface area (Å²) >= 11 is 0. The van der Waals surface area contributed by atoms with Crippen LogP contribution < -0.4 is 17.2 Å². The Kier molecular flexibility index (Phi) is 13.0. The van der Waals surface area contributed by atoms with Crippen LogP contribution in [0.5, 0.6) is 0 Å². The van der Waals surface area contributed by atoms with Gasteiger partial charge in [-0.15, -0.1) is 0 Å². The summed E-state index contributed by atoms with van der Waals surface area (Å²) in [5.41, 5.74) is 25.2. The molecule has 13 heteroatoms. The summed E-state index contributed by atoms with van der Waals surface area (Å²) in [6.45, 7) is 4.21. The van der Waals surface area contributed by atoms with Gasteiger partial charge in [0.15, 0.2) is 5.95 Å². The summed E-state index contributed by atoms with van der Waals surface area (Å²) in [5.74, 6) is 2.49. The van der Waals surface area contributed by atoms with Gasteiger partial charge in [-0.2, -0.15) is 8.42 Å². The van der Waals surface area contributed by atoms with Crippen molar-refractivity contribution in [3.8, 4) is 0 Å². The molecule has 0 bridgehead atoms. The minimum Gasteiger partial charge on any atom is -0.369 e. The van der Waals surface area contributed by atoms with E-state index in [9.17, 15) is 8.42 Å². The number of aromatic amines is 1. The van der Waals surface area contributed by atoms with E-state index in [4.69, 9.17) is 21.4 Å². The Morgan fingerprint density at radius 3 is 1.59 bits per heavy atom. The molecule has 2 aliphatic carbocycles. The van der Waals surface area contributed by atoms with Crippen molar-refractivity contribution >= 4 is 61.1 Å². The zero-order valence-electron chi connectivity index (χ0n) is 33.6. The molecule has 0 atom stereocenters. The molecule has 58 heavy (non-hydrogen) atoms. The molecule has 0 aliphatic heterocycles. The lowest BCUT2D eigenvalue weighted by Gasteiger charge is -2.28. The van der Waals surface area contributed by atoms with Crippen molar-refractivity contribution < 1.29 is 12.6 Å². The molecule has 2 saturated carbocycles. The molecule has 0 saturated heterocycles. The quantitative estimate of drug-likeness (QED) is 0.123. The summed E-state index contributed by atoms with van der Waals surface area (Å²) in [6, 6.07) is 31.9. The van der Waals surface area contributed by atoms with Gasteiger partial charge in [0.1, 0.15) is 0 Å². The van der Waals surface area contributed by atoms with Crippen LogP contribution in [0.1, 0.15) is 102 Å². The Labute approximate surface area is 341 Å². The molecular weight excluding hydrogens is 747 g/mol. The Morgan fingerprint density at radius 2 is 1.07 bits per heavy atom. The molecule has 2 aliphatic rings. The first-order valence-electron chi connectivity index (χ1n) is 20.7. The monoisotopic (exact) mass is 803 g/mol. The molecule has 306 valence electrons. The number of anilines is 3. The number of aryl methyl sites for hydroxylation is 1. The number of fused-ring (bicyclic) bond motifs is 3. The zero-order valence-corrected chi connectivity index (χ0v) is 34.4. The van der Waals surface area contributed by atoms with E-state index in [1.165, 1.54) is 12.8 Å². The summed E-state index contributed by atoms with van der Waals surface area (Å²) < 4.78 is 34.4. The standard InChI is InChI=1S/C22H26N6.C16H24O3S.C7H7N3/c23-21-25-17-11-1-3-13-19(17)27(21)15-7-5-9-16(10-6-8-15)28-20-14-4-2-12-18(20)26-22(28)24;1-13-5-3-7-15(8-4-6-13)19-20(17,18)16-11-9-14(2)10-12-16;8-7-9-5-3-1-2-4-6(5)10-7/h1-4,11-16H,5-10H2,(H2,23,25)(H2,24,26);9-13,15H,3-8H2,1-2H3;1-4H,(H3,8,9,10). The van der Waals surface area contributed by atoms with Crippen molar-refractivity contribution in [1.29, 1.82) is 0 Å². The van der Waals surface area contributed by atoms with Gasteiger partial charge < -0.3 is 31.3 Å². The molecule has 0 radical (unpaired) electrons. The van der Waals surface area contributed by atoms with Gasteiger partial charge in [0.2, 0.25) is 11.9 Å². The average molecular weight is 804 g/mol. The summed E-state index contributed by atoms with van der Waals surface area (Å²) in [5, 5.41) is 0. The third-order valence-corrected chi connectivity index (χ3v) is 12.9. The number of imidazole rings is 3. The van der Waals surface area contributed by atoms with Crippen molar-refractivity contribution in [3.05, 3.63) is 103 Å². The van der Waals surface area contributed by atoms with E-state index in [0.717, 1.165) is 109 Å². The minimum atomic E-state index is -3.62. The summed E-state index contributed by atoms with van der Waals surface area (Å²) in [6.07, 6.45) is 12.7. The van der Waals surface area contributed by atoms with Crippen LogP contribution in [0, 0.1) is 12.8 Å². The van der Waals surface area contributed by atoms with Gasteiger partial charge in [-0.05, 0) is 113 Å². The Hall–Kier alpha value is -5.40. The molecular formula is C45H57N9O3S. The average Bonchev–Trinajstić information content (AvgIpc) is 3.85. The van der Waals surface area contributed by atoms with Crippen LogP contribution in [-0.4, -0.2) is 43.6 Å². The van der Waals surface area contributed by atoms with E-state index >= 15 is 0 Å². The molecule has 9 rings (SSSR count). The second-order valence-electron chi connectivity index (χ2n) is 15.9. The van der Waals surface area contributed by atoms with Crippen LogP contribution in [-0.2, 0) is 14.3 Å². The number of hydrogen-bond donors (Lipinski definition) is 4. The maximum Gasteiger partial charge on any atom is 0.297 e. The maximum atomic E-state index is 12.3. The fraction of sp³-hybridized carbons (Fsp3) is 0.400.